The first-order valence-electron chi connectivity index (χ1n) is 8.74. The van der Waals surface area contributed by atoms with Crippen molar-refractivity contribution in [1.82, 2.24) is 0 Å². The summed E-state index contributed by atoms with van der Waals surface area (Å²) in [6, 6.07) is 7.20. The van der Waals surface area contributed by atoms with E-state index in [1.54, 1.807) is 11.1 Å². The molecule has 0 aliphatic heterocycles. The van der Waals surface area contributed by atoms with Gasteiger partial charge < -0.3 is 0 Å². The molecule has 1 saturated carbocycles. The van der Waals surface area contributed by atoms with Crippen LogP contribution < -0.4 is 0 Å². The second-order valence-corrected chi connectivity index (χ2v) is 8.34. The zero-order valence-electron chi connectivity index (χ0n) is 13.9. The van der Waals surface area contributed by atoms with Crippen molar-refractivity contribution in [3.8, 4) is 0 Å². The van der Waals surface area contributed by atoms with Crippen LogP contribution in [0, 0.1) is 29.6 Å². The molecule has 0 amide bonds. The summed E-state index contributed by atoms with van der Waals surface area (Å²) in [5.74, 6) is 2.37. The van der Waals surface area contributed by atoms with Gasteiger partial charge in [0.2, 0.25) is 0 Å². The molecule has 0 nitrogen and oxygen atoms in total. The van der Waals surface area contributed by atoms with Crippen molar-refractivity contribution in [2.45, 2.75) is 59.3 Å². The first-order valence-corrected chi connectivity index (χ1v) is 8.74. The molecule has 112 valence electrons. The van der Waals surface area contributed by atoms with Crippen molar-refractivity contribution in [2.75, 3.05) is 0 Å². The van der Waals surface area contributed by atoms with E-state index in [1.165, 1.54) is 31.2 Å². The van der Waals surface area contributed by atoms with Gasteiger partial charge in [0.1, 0.15) is 0 Å². The van der Waals surface area contributed by atoms with Crippen LogP contribution in [0.1, 0.15) is 62.6 Å². The summed E-state index contributed by atoms with van der Waals surface area (Å²) in [5, 5.41) is 0. The minimum Gasteiger partial charge on any atom is -0.0845 e. The number of fused-ring (bicyclic) bond motifs is 5. The molecule has 3 aliphatic rings. The molecule has 1 aromatic carbocycles. The molecule has 4 rings (SSSR count). The number of benzene rings is 1. The van der Waals surface area contributed by atoms with Gasteiger partial charge in [0.25, 0.3) is 0 Å². The van der Waals surface area contributed by atoms with Crippen LogP contribution in [0.25, 0.3) is 0 Å². The van der Waals surface area contributed by atoms with Gasteiger partial charge in [0.05, 0.1) is 0 Å². The van der Waals surface area contributed by atoms with E-state index < -0.39 is 0 Å². The highest BCUT2D eigenvalue weighted by molar-refractivity contribution is 5.39. The maximum Gasteiger partial charge on any atom is -0.00530 e. The molecule has 0 N–H and O–H groups in total. The third-order valence-corrected chi connectivity index (χ3v) is 7.62. The van der Waals surface area contributed by atoms with E-state index >= 15 is 0 Å². The molecule has 0 heteroatoms. The summed E-state index contributed by atoms with van der Waals surface area (Å²) < 4.78 is 0. The molecule has 0 spiro atoms. The van der Waals surface area contributed by atoms with Gasteiger partial charge in [0, 0.05) is 0 Å². The van der Waals surface area contributed by atoms with Crippen LogP contribution in [-0.2, 0) is 6.42 Å². The van der Waals surface area contributed by atoms with Crippen LogP contribution in [0.4, 0.5) is 0 Å². The van der Waals surface area contributed by atoms with E-state index in [0.717, 1.165) is 17.8 Å². The summed E-state index contributed by atoms with van der Waals surface area (Å²) in [4.78, 5) is 0. The molecule has 0 radical (unpaired) electrons. The van der Waals surface area contributed by atoms with E-state index in [1.807, 2.05) is 0 Å². The lowest BCUT2D eigenvalue weighted by atomic mass is 9.47. The van der Waals surface area contributed by atoms with Gasteiger partial charge >= 0.3 is 0 Å². The summed E-state index contributed by atoms with van der Waals surface area (Å²) in [5.41, 5.74) is 5.62. The maximum atomic E-state index is 2.59. The number of aryl methyl sites for hydroxylation is 2. The van der Waals surface area contributed by atoms with Gasteiger partial charge in [0.15, 0.2) is 0 Å². The molecule has 0 heterocycles. The van der Waals surface area contributed by atoms with E-state index in [-0.39, 0.29) is 0 Å². The average molecular weight is 280 g/mol. The SMILES string of the molecule is Cc1ccc2c(c1)CCC1C2CCC2(C)C(C)C=C[C@@]12C. The molecule has 0 bridgehead atoms. The lowest BCUT2D eigenvalue weighted by molar-refractivity contribution is -0.0296. The number of hydrogen-bond acceptors (Lipinski definition) is 0. The van der Waals surface area contributed by atoms with Crippen molar-refractivity contribution < 1.29 is 0 Å². The monoisotopic (exact) mass is 280 g/mol. The van der Waals surface area contributed by atoms with Crippen molar-refractivity contribution in [2.24, 2.45) is 22.7 Å². The third-order valence-electron chi connectivity index (χ3n) is 7.62. The quantitative estimate of drug-likeness (QED) is 0.538. The molecule has 1 fully saturated rings. The van der Waals surface area contributed by atoms with Gasteiger partial charge in [-0.05, 0) is 72.3 Å². The predicted octanol–water partition coefficient (Wildman–Crippen LogP) is 5.65. The zero-order chi connectivity index (χ0) is 14.8. The fraction of sp³-hybridized carbons (Fsp3) is 0.619. The first kappa shape index (κ1) is 13.6. The molecule has 21 heavy (non-hydrogen) atoms. The van der Waals surface area contributed by atoms with Crippen molar-refractivity contribution in [1.29, 1.82) is 0 Å². The van der Waals surface area contributed by atoms with Gasteiger partial charge in [-0.3, -0.25) is 0 Å². The van der Waals surface area contributed by atoms with E-state index in [4.69, 9.17) is 0 Å². The minimum atomic E-state index is 0.401. The third kappa shape index (κ3) is 1.62. The van der Waals surface area contributed by atoms with Crippen LogP contribution in [0.3, 0.4) is 0 Å². The standard InChI is InChI=1S/C21H28/c1-14-5-7-17-16(13-14)6-8-19-18(17)10-12-20(3)15(2)9-11-21(19,20)4/h5,7,9,11,13,15,18-19H,6,8,10,12H2,1-4H3/t15?,18?,19?,20?,21-/m0/s1. The van der Waals surface area contributed by atoms with Crippen LogP contribution in [0.5, 0.6) is 0 Å². The summed E-state index contributed by atoms with van der Waals surface area (Å²) >= 11 is 0. The number of rotatable bonds is 0. The van der Waals surface area contributed by atoms with Crippen molar-refractivity contribution in [3.63, 3.8) is 0 Å². The summed E-state index contributed by atoms with van der Waals surface area (Å²) in [7, 11) is 0. The Balaban J connectivity index is 1.79. The summed E-state index contributed by atoms with van der Waals surface area (Å²) in [6.07, 6.45) is 10.5. The predicted molar refractivity (Wildman–Crippen MR) is 89.5 cm³/mol. The largest absolute Gasteiger partial charge is 0.0845 e. The molecule has 1 aromatic rings. The van der Waals surface area contributed by atoms with Crippen LogP contribution in [0.15, 0.2) is 30.4 Å². The highest BCUT2D eigenvalue weighted by Gasteiger charge is 2.58. The minimum absolute atomic E-state index is 0.401. The second-order valence-electron chi connectivity index (χ2n) is 8.34. The lowest BCUT2D eigenvalue weighted by Gasteiger charge is -2.57. The molecule has 0 saturated heterocycles. The van der Waals surface area contributed by atoms with E-state index in [9.17, 15) is 0 Å². The Hall–Kier alpha value is -1.04. The molecule has 4 unspecified atom stereocenters. The smallest absolute Gasteiger partial charge is 0.00530 e. The van der Waals surface area contributed by atoms with Crippen molar-refractivity contribution >= 4 is 0 Å². The topological polar surface area (TPSA) is 0 Å². The van der Waals surface area contributed by atoms with Gasteiger partial charge in [-0.15, -0.1) is 0 Å². The van der Waals surface area contributed by atoms with Crippen LogP contribution >= 0.6 is 0 Å². The fourth-order valence-electron chi connectivity index (χ4n) is 5.85. The number of hydrogen-bond donors (Lipinski definition) is 0. The Morgan fingerprint density at radius 1 is 1.14 bits per heavy atom. The first-order chi connectivity index (χ1) is 9.96. The molecule has 5 atom stereocenters. The Labute approximate surface area is 129 Å². The van der Waals surface area contributed by atoms with E-state index in [2.05, 4.69) is 58.0 Å². The van der Waals surface area contributed by atoms with Gasteiger partial charge in [-0.1, -0.05) is 56.7 Å². The Bertz CT molecular complexity index is 610. The Kier molecular flexibility index (Phi) is 2.75. The Morgan fingerprint density at radius 3 is 2.76 bits per heavy atom. The maximum absolute atomic E-state index is 2.59. The van der Waals surface area contributed by atoms with E-state index in [0.29, 0.717) is 10.8 Å². The van der Waals surface area contributed by atoms with Gasteiger partial charge in [-0.2, -0.15) is 0 Å². The van der Waals surface area contributed by atoms with Gasteiger partial charge in [-0.25, -0.2) is 0 Å². The van der Waals surface area contributed by atoms with Crippen LogP contribution in [0.2, 0.25) is 0 Å². The second kappa shape index (κ2) is 4.24. The highest BCUT2D eigenvalue weighted by Crippen LogP contribution is 2.67. The highest BCUT2D eigenvalue weighted by atomic mass is 14.6. The molecular formula is C21H28. The zero-order valence-corrected chi connectivity index (χ0v) is 13.9. The normalized spacial score (nSPS) is 44.1. The van der Waals surface area contributed by atoms with Crippen LogP contribution in [-0.4, -0.2) is 0 Å². The lowest BCUT2D eigenvalue weighted by Crippen LogP contribution is -2.49. The fourth-order valence-corrected chi connectivity index (χ4v) is 5.85. The molecule has 3 aliphatic carbocycles. The molecular weight excluding hydrogens is 252 g/mol. The van der Waals surface area contributed by atoms with Crippen molar-refractivity contribution in [3.05, 3.63) is 47.0 Å². The summed E-state index contributed by atoms with van der Waals surface area (Å²) in [6.45, 7) is 9.77. The molecule has 0 aromatic heterocycles. The number of allylic oxidation sites excluding steroid dienone is 2. The Morgan fingerprint density at radius 2 is 1.95 bits per heavy atom. The average Bonchev–Trinajstić information content (AvgIpc) is 2.71.